The average molecular weight is 1020 g/mol. The Bertz CT molecular complexity index is 2080. The number of benzene rings is 2. The molecule has 16 heteroatoms. The molecule has 74 heavy (non-hydrogen) atoms. The highest BCUT2D eigenvalue weighted by Gasteiger charge is 2.45. The third kappa shape index (κ3) is 13.4. The van der Waals surface area contributed by atoms with Gasteiger partial charge in [-0.2, -0.15) is 0 Å². The maximum absolute atomic E-state index is 14.4. The first-order valence-corrected chi connectivity index (χ1v) is 28.5. The van der Waals surface area contributed by atoms with Crippen LogP contribution in [0.5, 0.6) is 0 Å². The molecule has 4 fully saturated rings. The van der Waals surface area contributed by atoms with Crippen LogP contribution in [-0.4, -0.2) is 134 Å². The van der Waals surface area contributed by atoms with Crippen LogP contribution in [-0.2, 0) is 51.1 Å². The lowest BCUT2D eigenvalue weighted by Gasteiger charge is -2.35. The smallest absolute Gasteiger partial charge is 0.246 e. The van der Waals surface area contributed by atoms with Crippen LogP contribution in [0.25, 0.3) is 0 Å². The van der Waals surface area contributed by atoms with Gasteiger partial charge < -0.3 is 51.2 Å². The number of rotatable bonds is 23. The Morgan fingerprint density at radius 2 is 0.919 bits per heavy atom. The van der Waals surface area contributed by atoms with E-state index in [9.17, 15) is 28.8 Å². The maximum atomic E-state index is 14.4. The van der Waals surface area contributed by atoms with Gasteiger partial charge in [0.1, 0.15) is 24.2 Å². The topological polar surface area (TPSA) is 200 Å². The van der Waals surface area contributed by atoms with E-state index in [0.29, 0.717) is 52.0 Å². The first-order valence-electron chi connectivity index (χ1n) is 28.5. The molecule has 10 atom stereocenters. The molecule has 2 saturated carbocycles. The maximum Gasteiger partial charge on any atom is 0.246 e. The second-order valence-corrected chi connectivity index (χ2v) is 22.2. The molecular weight excluding hydrogens is 937 g/mol. The van der Waals surface area contributed by atoms with Crippen molar-refractivity contribution in [2.24, 2.45) is 11.8 Å². The Balaban J connectivity index is 0.810. The molecular formula is C58H86N8O8. The summed E-state index contributed by atoms with van der Waals surface area (Å²) in [5.74, 6) is -0.965. The highest BCUT2D eigenvalue weighted by molar-refractivity contribution is 5.95. The summed E-state index contributed by atoms with van der Waals surface area (Å²) in [4.78, 5) is 86.9. The molecule has 2 heterocycles. The zero-order chi connectivity index (χ0) is 52.1. The largest absolute Gasteiger partial charge is 0.375 e. The van der Waals surface area contributed by atoms with E-state index in [-0.39, 0.29) is 71.6 Å². The third-order valence-electron chi connectivity index (χ3n) is 17.4. The van der Waals surface area contributed by atoms with Crippen LogP contribution in [0.1, 0.15) is 164 Å². The van der Waals surface area contributed by atoms with Crippen LogP contribution in [0.4, 0.5) is 0 Å². The minimum atomic E-state index is -0.653. The standard InChI is InChI=1S/C58H86N8O8/c1-37(59-3)53(67)61-49(39-21-9-7-10-22-39)57(71)65-31-19-29-45(65)55(69)63-51-43-27-15-13-25-41(43)35-47(51)73-33-17-5-6-18-34-74-48-36-42-26-14-16-28-44(42)52(48)64-56(70)46-30-20-32-66(46)58(72)50(40-23-11-8-12-24-40)62-54(68)38(2)60-4/h13-16,25-28,37-40,45-52,59-60H,5-12,17-24,29-36H2,1-4H3,(H,61,67)(H,62,68)(H,63,69)(H,64,70)/t37-,38-,45-,46-,47+,48+,49-,50-,51-,52-/m0/s1. The Kier molecular flexibility index (Phi) is 20.0. The number of fused-ring (bicyclic) bond motifs is 2. The third-order valence-corrected chi connectivity index (χ3v) is 17.4. The number of amides is 6. The van der Waals surface area contributed by atoms with Crippen LogP contribution < -0.4 is 31.9 Å². The lowest BCUT2D eigenvalue weighted by Crippen LogP contribution is -2.58. The molecule has 2 aromatic rings. The van der Waals surface area contributed by atoms with Crippen molar-refractivity contribution in [3.05, 3.63) is 70.8 Å². The van der Waals surface area contributed by atoms with E-state index in [0.717, 1.165) is 125 Å². The summed E-state index contributed by atoms with van der Waals surface area (Å²) in [6, 6.07) is 12.3. The Hall–Kier alpha value is -4.90. The van der Waals surface area contributed by atoms with E-state index in [1.54, 1.807) is 37.7 Å². The predicted octanol–water partition coefficient (Wildman–Crippen LogP) is 5.47. The molecule has 4 aliphatic carbocycles. The van der Waals surface area contributed by atoms with Crippen molar-refractivity contribution in [1.82, 2.24) is 41.7 Å². The van der Waals surface area contributed by atoms with E-state index in [2.05, 4.69) is 56.2 Å². The fourth-order valence-electron chi connectivity index (χ4n) is 12.8. The van der Waals surface area contributed by atoms with Crippen LogP contribution in [0.2, 0.25) is 0 Å². The van der Waals surface area contributed by atoms with Crippen LogP contribution in [0.15, 0.2) is 48.5 Å². The summed E-state index contributed by atoms with van der Waals surface area (Å²) in [7, 11) is 3.47. The number of carbonyl (C=O) groups excluding carboxylic acids is 6. The van der Waals surface area contributed by atoms with E-state index in [1.807, 2.05) is 24.3 Å². The molecule has 0 spiro atoms. The monoisotopic (exact) mass is 1020 g/mol. The van der Waals surface area contributed by atoms with Gasteiger partial charge in [-0.05, 0) is 126 Å². The molecule has 0 radical (unpaired) electrons. The van der Waals surface area contributed by atoms with Gasteiger partial charge in [-0.3, -0.25) is 28.8 Å². The van der Waals surface area contributed by atoms with Gasteiger partial charge >= 0.3 is 0 Å². The zero-order valence-electron chi connectivity index (χ0n) is 44.7. The Morgan fingerprint density at radius 1 is 0.527 bits per heavy atom. The van der Waals surface area contributed by atoms with Crippen molar-refractivity contribution in [2.75, 3.05) is 40.4 Å². The quantitative estimate of drug-likeness (QED) is 0.0777. The summed E-state index contributed by atoms with van der Waals surface area (Å²) in [5.41, 5.74) is 4.40. The lowest BCUT2D eigenvalue weighted by molar-refractivity contribution is -0.143. The molecule has 8 rings (SSSR count). The van der Waals surface area contributed by atoms with Gasteiger partial charge in [-0.15, -0.1) is 0 Å². The normalized spacial score (nSPS) is 25.6. The molecule has 406 valence electrons. The summed E-state index contributed by atoms with van der Waals surface area (Å²) < 4.78 is 13.2. The first-order chi connectivity index (χ1) is 36.0. The number of likely N-dealkylation sites (tertiary alicyclic amines) is 2. The molecule has 0 aromatic heterocycles. The number of nitrogens with zero attached hydrogens (tertiary/aromatic N) is 2. The van der Waals surface area contributed by atoms with Crippen molar-refractivity contribution in [1.29, 1.82) is 0 Å². The van der Waals surface area contributed by atoms with Crippen molar-refractivity contribution < 1.29 is 38.2 Å². The number of likely N-dealkylation sites (N-methyl/N-ethyl adjacent to an activating group) is 2. The fraction of sp³-hybridized carbons (Fsp3) is 0.690. The van der Waals surface area contributed by atoms with E-state index >= 15 is 0 Å². The molecule has 0 bridgehead atoms. The zero-order valence-corrected chi connectivity index (χ0v) is 44.7. The second kappa shape index (κ2) is 26.7. The van der Waals surface area contributed by atoms with Crippen LogP contribution in [0.3, 0.4) is 0 Å². The molecule has 2 aromatic carbocycles. The van der Waals surface area contributed by atoms with Crippen molar-refractivity contribution in [3.63, 3.8) is 0 Å². The van der Waals surface area contributed by atoms with E-state index < -0.39 is 36.3 Å². The summed E-state index contributed by atoms with van der Waals surface area (Å²) in [6.07, 6.45) is 17.0. The first kappa shape index (κ1) is 55.3. The molecule has 2 saturated heterocycles. The SMILES string of the molecule is CN[C@@H](C)C(=O)N[C@H](C(=O)N1CCC[C@H]1C(=O)N[C@H]1c2ccccc2C[C@H]1OCCCCCCO[C@@H]1Cc2ccccc2[C@@H]1NC(=O)[C@@H]1CCCN1C(=O)[C@@H](NC(=O)[C@H](C)NC)C1CCCCC1)C1CCCCC1. The van der Waals surface area contributed by atoms with Crippen molar-refractivity contribution >= 4 is 35.4 Å². The Labute approximate surface area is 439 Å². The molecule has 16 nitrogen and oxygen atoms in total. The number of hydrogen-bond acceptors (Lipinski definition) is 10. The predicted molar refractivity (Wildman–Crippen MR) is 284 cm³/mol. The van der Waals surface area contributed by atoms with Crippen LogP contribution >= 0.6 is 0 Å². The van der Waals surface area contributed by atoms with E-state index in [4.69, 9.17) is 9.47 Å². The van der Waals surface area contributed by atoms with Gasteiger partial charge in [0.05, 0.1) is 36.4 Å². The molecule has 6 N–H and O–H groups in total. The molecule has 2 aliphatic heterocycles. The van der Waals surface area contributed by atoms with Gasteiger partial charge in [0, 0.05) is 39.1 Å². The molecule has 6 aliphatic rings. The Morgan fingerprint density at radius 3 is 1.31 bits per heavy atom. The lowest BCUT2D eigenvalue weighted by atomic mass is 9.83. The number of ether oxygens (including phenoxy) is 2. The second-order valence-electron chi connectivity index (χ2n) is 22.2. The highest BCUT2D eigenvalue weighted by atomic mass is 16.5. The summed E-state index contributed by atoms with van der Waals surface area (Å²) in [5, 5.41) is 18.8. The summed E-state index contributed by atoms with van der Waals surface area (Å²) in [6.45, 7) is 5.64. The highest BCUT2D eigenvalue weighted by Crippen LogP contribution is 2.37. The van der Waals surface area contributed by atoms with Crippen molar-refractivity contribution in [3.8, 4) is 0 Å². The number of unbranched alkanes of at least 4 members (excludes halogenated alkanes) is 3. The van der Waals surface area contributed by atoms with Gasteiger partial charge in [0.15, 0.2) is 0 Å². The average Bonchev–Trinajstić information content (AvgIpc) is 4.26. The van der Waals surface area contributed by atoms with Crippen molar-refractivity contribution in [2.45, 2.75) is 203 Å². The van der Waals surface area contributed by atoms with Gasteiger partial charge in [0.25, 0.3) is 0 Å². The fourth-order valence-corrected chi connectivity index (χ4v) is 12.8. The van der Waals surface area contributed by atoms with E-state index in [1.165, 1.54) is 0 Å². The summed E-state index contributed by atoms with van der Waals surface area (Å²) >= 11 is 0. The van der Waals surface area contributed by atoms with Gasteiger partial charge in [-0.25, -0.2) is 0 Å². The number of hydrogen-bond donors (Lipinski definition) is 6. The van der Waals surface area contributed by atoms with Gasteiger partial charge in [-0.1, -0.05) is 99.9 Å². The minimum Gasteiger partial charge on any atom is -0.375 e. The van der Waals surface area contributed by atoms with Crippen LogP contribution in [0, 0.1) is 11.8 Å². The molecule has 0 unspecified atom stereocenters. The van der Waals surface area contributed by atoms with Gasteiger partial charge in [0.2, 0.25) is 35.4 Å². The molecule has 6 amide bonds. The minimum absolute atomic E-state index is 0.0485. The number of nitrogens with one attached hydrogen (secondary N) is 6. The number of carbonyl (C=O) groups is 6.